The van der Waals surface area contributed by atoms with E-state index in [1.807, 2.05) is 31.2 Å². The number of nitrogens with zero attached hydrogens (tertiary/aromatic N) is 2. The molecule has 0 aliphatic heterocycles. The van der Waals surface area contributed by atoms with Gasteiger partial charge in [0.1, 0.15) is 5.82 Å². The molecule has 0 unspecified atom stereocenters. The zero-order chi connectivity index (χ0) is 16.9. The van der Waals surface area contributed by atoms with Crippen molar-refractivity contribution in [2.24, 2.45) is 0 Å². The highest BCUT2D eigenvalue weighted by atomic mass is 19.1. The van der Waals surface area contributed by atoms with Crippen LogP contribution in [0.1, 0.15) is 17.9 Å². The van der Waals surface area contributed by atoms with Crippen LogP contribution in [-0.4, -0.2) is 16.1 Å². The molecule has 0 aliphatic rings. The molecule has 0 saturated heterocycles. The van der Waals surface area contributed by atoms with Gasteiger partial charge in [-0.3, -0.25) is 4.79 Å². The second-order valence-corrected chi connectivity index (χ2v) is 5.42. The molecule has 122 valence electrons. The van der Waals surface area contributed by atoms with E-state index in [-0.39, 0.29) is 18.1 Å². The molecule has 3 aromatic rings. The van der Waals surface area contributed by atoms with Crippen LogP contribution in [0.4, 0.5) is 10.1 Å². The van der Waals surface area contributed by atoms with Gasteiger partial charge >= 0.3 is 0 Å². The van der Waals surface area contributed by atoms with Crippen molar-refractivity contribution in [3.63, 3.8) is 0 Å². The lowest BCUT2D eigenvalue weighted by Crippen LogP contribution is -2.12. The van der Waals surface area contributed by atoms with E-state index in [1.165, 1.54) is 24.3 Å². The molecule has 6 heteroatoms. The third-order valence-electron chi connectivity index (χ3n) is 3.46. The van der Waals surface area contributed by atoms with Crippen LogP contribution in [0.5, 0.6) is 0 Å². The van der Waals surface area contributed by atoms with Gasteiger partial charge < -0.3 is 9.73 Å². The Bertz CT molecular complexity index is 826. The fourth-order valence-electron chi connectivity index (χ4n) is 2.14. The molecule has 0 fully saturated rings. The maximum Gasteiger partial charge on any atom is 0.247 e. The SMILES string of the molecule is Cc1ccc(-c2nnc(CCC(=O)Nc3ccc(F)cc3)o2)cc1. The second kappa shape index (κ2) is 7.04. The van der Waals surface area contributed by atoms with E-state index in [2.05, 4.69) is 15.5 Å². The van der Waals surface area contributed by atoms with Crippen LogP contribution < -0.4 is 5.32 Å². The Balaban J connectivity index is 1.56. The lowest BCUT2D eigenvalue weighted by atomic mass is 10.1. The van der Waals surface area contributed by atoms with Gasteiger partial charge in [0.05, 0.1) is 0 Å². The number of halogens is 1. The van der Waals surface area contributed by atoms with E-state index < -0.39 is 0 Å². The Morgan fingerprint density at radius 1 is 1.08 bits per heavy atom. The third kappa shape index (κ3) is 4.04. The highest BCUT2D eigenvalue weighted by Gasteiger charge is 2.10. The van der Waals surface area contributed by atoms with E-state index >= 15 is 0 Å². The zero-order valence-electron chi connectivity index (χ0n) is 13.1. The molecular weight excluding hydrogens is 309 g/mol. The summed E-state index contributed by atoms with van der Waals surface area (Å²) in [6.45, 7) is 2.00. The molecule has 2 aromatic carbocycles. The topological polar surface area (TPSA) is 68.0 Å². The molecule has 1 aromatic heterocycles. The number of nitrogens with one attached hydrogen (secondary N) is 1. The molecule has 1 heterocycles. The van der Waals surface area contributed by atoms with Crippen molar-refractivity contribution in [2.45, 2.75) is 19.8 Å². The number of benzene rings is 2. The van der Waals surface area contributed by atoms with Gasteiger partial charge in [0.2, 0.25) is 17.7 Å². The van der Waals surface area contributed by atoms with Crippen molar-refractivity contribution in [2.75, 3.05) is 5.32 Å². The predicted octanol–water partition coefficient (Wildman–Crippen LogP) is 3.76. The average molecular weight is 325 g/mol. The maximum atomic E-state index is 12.8. The van der Waals surface area contributed by atoms with Gasteiger partial charge in [-0.05, 0) is 43.3 Å². The number of aromatic nitrogens is 2. The van der Waals surface area contributed by atoms with Gasteiger partial charge in [-0.15, -0.1) is 10.2 Å². The summed E-state index contributed by atoms with van der Waals surface area (Å²) in [6.07, 6.45) is 0.540. The molecule has 24 heavy (non-hydrogen) atoms. The Morgan fingerprint density at radius 2 is 1.79 bits per heavy atom. The number of amides is 1. The molecule has 0 spiro atoms. The monoisotopic (exact) mass is 325 g/mol. The highest BCUT2D eigenvalue weighted by molar-refractivity contribution is 5.90. The van der Waals surface area contributed by atoms with E-state index in [1.54, 1.807) is 0 Å². The summed E-state index contributed by atoms with van der Waals surface area (Å²) in [5, 5.41) is 10.6. The van der Waals surface area contributed by atoms with E-state index in [0.29, 0.717) is 23.9 Å². The van der Waals surface area contributed by atoms with Gasteiger partial charge in [0.15, 0.2) is 0 Å². The first kappa shape index (κ1) is 15.9. The second-order valence-electron chi connectivity index (χ2n) is 5.42. The Hall–Kier alpha value is -3.02. The first-order valence-electron chi connectivity index (χ1n) is 7.55. The summed E-state index contributed by atoms with van der Waals surface area (Å²) < 4.78 is 18.4. The Labute approximate surface area is 138 Å². The minimum atomic E-state index is -0.345. The number of carbonyl (C=O) groups is 1. The van der Waals surface area contributed by atoms with Crippen molar-refractivity contribution in [1.29, 1.82) is 0 Å². The first-order valence-corrected chi connectivity index (χ1v) is 7.55. The van der Waals surface area contributed by atoms with Crippen LogP contribution >= 0.6 is 0 Å². The van der Waals surface area contributed by atoms with Gasteiger partial charge in [-0.25, -0.2) is 4.39 Å². The number of carbonyl (C=O) groups excluding carboxylic acids is 1. The predicted molar refractivity (Wildman–Crippen MR) is 87.8 cm³/mol. The smallest absolute Gasteiger partial charge is 0.247 e. The molecule has 1 N–H and O–H groups in total. The standard InChI is InChI=1S/C18H16FN3O2/c1-12-2-4-13(5-3-12)18-22-21-17(24-18)11-10-16(23)20-15-8-6-14(19)7-9-15/h2-9H,10-11H2,1H3,(H,20,23). The number of anilines is 1. The summed E-state index contributed by atoms with van der Waals surface area (Å²) >= 11 is 0. The lowest BCUT2D eigenvalue weighted by Gasteiger charge is -2.03. The molecule has 0 aliphatic carbocycles. The minimum absolute atomic E-state index is 0.198. The maximum absolute atomic E-state index is 12.8. The number of hydrogen-bond acceptors (Lipinski definition) is 4. The molecule has 0 atom stereocenters. The lowest BCUT2D eigenvalue weighted by molar-refractivity contribution is -0.116. The molecule has 1 amide bonds. The number of rotatable bonds is 5. The summed E-state index contributed by atoms with van der Waals surface area (Å²) in [5.41, 5.74) is 2.54. The fraction of sp³-hybridized carbons (Fsp3) is 0.167. The first-order chi connectivity index (χ1) is 11.6. The number of aryl methyl sites for hydroxylation is 2. The van der Waals surface area contributed by atoms with Gasteiger partial charge in [-0.2, -0.15) is 0 Å². The van der Waals surface area contributed by atoms with Crippen molar-refractivity contribution in [1.82, 2.24) is 10.2 Å². The summed E-state index contributed by atoms with van der Waals surface area (Å²) in [7, 11) is 0. The summed E-state index contributed by atoms with van der Waals surface area (Å²) in [6, 6.07) is 13.4. The quantitative estimate of drug-likeness (QED) is 0.775. The number of hydrogen-bond donors (Lipinski definition) is 1. The van der Waals surface area contributed by atoms with Crippen LogP contribution in [-0.2, 0) is 11.2 Å². The molecular formula is C18H16FN3O2. The third-order valence-corrected chi connectivity index (χ3v) is 3.46. The Kier molecular flexibility index (Phi) is 4.65. The van der Waals surface area contributed by atoms with Gasteiger partial charge in [0, 0.05) is 24.1 Å². The van der Waals surface area contributed by atoms with Crippen LogP contribution in [0, 0.1) is 12.7 Å². The van der Waals surface area contributed by atoms with Crippen LogP contribution in [0.3, 0.4) is 0 Å². The van der Waals surface area contributed by atoms with Crippen molar-refractivity contribution in [3.05, 3.63) is 65.8 Å². The van der Waals surface area contributed by atoms with Gasteiger partial charge in [0.25, 0.3) is 0 Å². The van der Waals surface area contributed by atoms with Crippen molar-refractivity contribution in [3.8, 4) is 11.5 Å². The zero-order valence-corrected chi connectivity index (χ0v) is 13.1. The summed E-state index contributed by atoms with van der Waals surface area (Å²) in [4.78, 5) is 11.9. The van der Waals surface area contributed by atoms with E-state index in [4.69, 9.17) is 4.42 Å². The normalized spacial score (nSPS) is 10.6. The largest absolute Gasteiger partial charge is 0.421 e. The molecule has 5 nitrogen and oxygen atoms in total. The molecule has 0 saturated carbocycles. The average Bonchev–Trinajstić information content (AvgIpc) is 3.05. The van der Waals surface area contributed by atoms with Gasteiger partial charge in [-0.1, -0.05) is 17.7 Å². The van der Waals surface area contributed by atoms with E-state index in [9.17, 15) is 9.18 Å². The molecule has 0 radical (unpaired) electrons. The fourth-order valence-corrected chi connectivity index (χ4v) is 2.14. The van der Waals surface area contributed by atoms with Crippen LogP contribution in [0.25, 0.3) is 11.5 Å². The van der Waals surface area contributed by atoms with E-state index in [0.717, 1.165) is 11.1 Å². The van der Waals surface area contributed by atoms with Crippen LogP contribution in [0.2, 0.25) is 0 Å². The summed E-state index contributed by atoms with van der Waals surface area (Å²) in [5.74, 6) is 0.294. The molecule has 0 bridgehead atoms. The Morgan fingerprint density at radius 3 is 2.50 bits per heavy atom. The van der Waals surface area contributed by atoms with Crippen molar-refractivity contribution >= 4 is 11.6 Å². The van der Waals surface area contributed by atoms with Crippen molar-refractivity contribution < 1.29 is 13.6 Å². The minimum Gasteiger partial charge on any atom is -0.421 e. The highest BCUT2D eigenvalue weighted by Crippen LogP contribution is 2.19. The van der Waals surface area contributed by atoms with Crippen LogP contribution in [0.15, 0.2) is 52.9 Å². The molecule has 3 rings (SSSR count).